The van der Waals surface area contributed by atoms with Gasteiger partial charge in [0.25, 0.3) is 0 Å². The number of carbonyl (C=O) groups is 1. The van der Waals surface area contributed by atoms with Crippen molar-refractivity contribution in [3.63, 3.8) is 0 Å². The van der Waals surface area contributed by atoms with Crippen LogP contribution in [0.5, 0.6) is 0 Å². The number of nitrogens with zero attached hydrogens (tertiary/aromatic N) is 2. The minimum Gasteiger partial charge on any atom is -0.460 e. The number of unbranched alkanes of at least 4 members (excludes halogenated alkanes) is 3. The van der Waals surface area contributed by atoms with Gasteiger partial charge in [-0.3, -0.25) is 9.79 Å². The van der Waals surface area contributed by atoms with Gasteiger partial charge in [0.15, 0.2) is 5.96 Å². The summed E-state index contributed by atoms with van der Waals surface area (Å²) in [5.41, 5.74) is -0.383. The summed E-state index contributed by atoms with van der Waals surface area (Å²) in [7, 11) is 1.77. The predicted octanol–water partition coefficient (Wildman–Crippen LogP) is 3.21. The smallest absolute Gasteiger partial charge is 0.306 e. The van der Waals surface area contributed by atoms with E-state index in [4.69, 9.17) is 14.5 Å². The molecule has 0 aromatic heterocycles. The summed E-state index contributed by atoms with van der Waals surface area (Å²) in [6.45, 7) is 12.4. The molecule has 0 spiro atoms. The third-order valence-electron chi connectivity index (χ3n) is 4.29. The Bertz CT molecular complexity index is 433. The van der Waals surface area contributed by atoms with E-state index in [-0.39, 0.29) is 11.6 Å². The van der Waals surface area contributed by atoms with Crippen molar-refractivity contribution in [3.8, 4) is 0 Å². The zero-order chi connectivity index (χ0) is 19.4. The molecule has 1 N–H and O–H groups in total. The van der Waals surface area contributed by atoms with Crippen LogP contribution >= 0.6 is 0 Å². The van der Waals surface area contributed by atoms with Gasteiger partial charge in [0, 0.05) is 45.6 Å². The molecule has 0 bridgehead atoms. The van der Waals surface area contributed by atoms with Gasteiger partial charge in [-0.2, -0.15) is 0 Å². The maximum Gasteiger partial charge on any atom is 0.306 e. The van der Waals surface area contributed by atoms with Gasteiger partial charge in [0.05, 0.1) is 6.61 Å². The Balaban J connectivity index is 2.20. The maximum atomic E-state index is 11.7. The van der Waals surface area contributed by atoms with Gasteiger partial charge < -0.3 is 19.7 Å². The van der Waals surface area contributed by atoms with E-state index in [1.54, 1.807) is 7.11 Å². The number of ether oxygens (including phenoxy) is 2. The number of hydrogen-bond donors (Lipinski definition) is 1. The van der Waals surface area contributed by atoms with E-state index in [0.29, 0.717) is 12.3 Å². The molecule has 1 aliphatic heterocycles. The topological polar surface area (TPSA) is 63.2 Å². The van der Waals surface area contributed by atoms with Crippen molar-refractivity contribution in [3.05, 3.63) is 0 Å². The van der Waals surface area contributed by atoms with Gasteiger partial charge in [-0.15, -0.1) is 0 Å². The second kappa shape index (κ2) is 12.2. The Morgan fingerprint density at radius 3 is 2.62 bits per heavy atom. The molecule has 1 saturated heterocycles. The highest BCUT2D eigenvalue weighted by Gasteiger charge is 2.24. The van der Waals surface area contributed by atoms with E-state index >= 15 is 0 Å². The van der Waals surface area contributed by atoms with E-state index in [2.05, 4.69) is 17.1 Å². The first-order chi connectivity index (χ1) is 12.4. The quantitative estimate of drug-likeness (QED) is 0.277. The van der Waals surface area contributed by atoms with Crippen molar-refractivity contribution in [2.75, 3.05) is 39.9 Å². The van der Waals surface area contributed by atoms with Crippen LogP contribution in [0.4, 0.5) is 0 Å². The lowest BCUT2D eigenvalue weighted by Gasteiger charge is -2.21. The molecule has 1 heterocycles. The summed E-state index contributed by atoms with van der Waals surface area (Å²) in [6.07, 6.45) is 5.77. The Hall–Kier alpha value is -1.30. The van der Waals surface area contributed by atoms with Crippen LogP contribution in [0.1, 0.15) is 66.2 Å². The highest BCUT2D eigenvalue weighted by molar-refractivity contribution is 5.80. The van der Waals surface area contributed by atoms with Crippen molar-refractivity contribution < 1.29 is 14.3 Å². The van der Waals surface area contributed by atoms with E-state index < -0.39 is 0 Å². The summed E-state index contributed by atoms with van der Waals surface area (Å²) < 4.78 is 10.6. The fourth-order valence-electron chi connectivity index (χ4n) is 3.13. The number of likely N-dealkylation sites (tertiary alicyclic amines) is 1. The van der Waals surface area contributed by atoms with Gasteiger partial charge >= 0.3 is 5.97 Å². The molecule has 0 amide bonds. The molecule has 26 heavy (non-hydrogen) atoms. The Labute approximate surface area is 159 Å². The van der Waals surface area contributed by atoms with Gasteiger partial charge in [0.1, 0.15) is 5.60 Å². The van der Waals surface area contributed by atoms with E-state index in [1.807, 2.05) is 20.8 Å². The molecule has 0 radical (unpaired) electrons. The average Bonchev–Trinajstić information content (AvgIpc) is 3.00. The molecule has 1 aliphatic rings. The fourth-order valence-corrected chi connectivity index (χ4v) is 3.13. The highest BCUT2D eigenvalue weighted by atomic mass is 16.6. The summed E-state index contributed by atoms with van der Waals surface area (Å²) in [6, 6.07) is 0. The van der Waals surface area contributed by atoms with E-state index in [9.17, 15) is 4.79 Å². The average molecular weight is 370 g/mol. The number of rotatable bonds is 10. The first-order valence-corrected chi connectivity index (χ1v) is 10.1. The second-order valence-electron chi connectivity index (χ2n) is 8.04. The third kappa shape index (κ3) is 10.00. The van der Waals surface area contributed by atoms with Crippen LogP contribution in [-0.4, -0.2) is 62.3 Å². The van der Waals surface area contributed by atoms with Crippen LogP contribution in [-0.2, 0) is 14.3 Å². The minimum atomic E-state index is -0.383. The zero-order valence-corrected chi connectivity index (χ0v) is 17.5. The molecule has 1 rings (SSSR count). The van der Waals surface area contributed by atoms with Gasteiger partial charge in [0.2, 0.25) is 0 Å². The molecule has 6 heteroatoms. The fraction of sp³-hybridized carbons (Fsp3) is 0.900. The molecule has 0 aromatic rings. The molecule has 1 unspecified atom stereocenters. The Morgan fingerprint density at radius 2 is 1.96 bits per heavy atom. The van der Waals surface area contributed by atoms with Crippen molar-refractivity contribution in [1.29, 1.82) is 0 Å². The summed E-state index contributed by atoms with van der Waals surface area (Å²) in [5.74, 6) is 1.54. The lowest BCUT2D eigenvalue weighted by Crippen LogP contribution is -2.40. The third-order valence-corrected chi connectivity index (χ3v) is 4.29. The molecule has 0 saturated carbocycles. The number of carbonyl (C=O) groups excluding carboxylic acids is 1. The summed E-state index contributed by atoms with van der Waals surface area (Å²) >= 11 is 0. The first-order valence-electron chi connectivity index (χ1n) is 10.1. The molecule has 0 aromatic carbocycles. The van der Waals surface area contributed by atoms with Crippen LogP contribution in [0.3, 0.4) is 0 Å². The minimum absolute atomic E-state index is 0.0930. The first kappa shape index (κ1) is 22.7. The summed E-state index contributed by atoms with van der Waals surface area (Å²) in [5, 5.41) is 3.40. The Morgan fingerprint density at radius 1 is 1.23 bits per heavy atom. The van der Waals surface area contributed by atoms with Crippen molar-refractivity contribution in [2.24, 2.45) is 10.9 Å². The number of hydrogen-bond acceptors (Lipinski definition) is 4. The van der Waals surface area contributed by atoms with Crippen molar-refractivity contribution in [1.82, 2.24) is 10.2 Å². The van der Waals surface area contributed by atoms with E-state index in [0.717, 1.165) is 64.4 Å². The van der Waals surface area contributed by atoms with Crippen LogP contribution in [0.15, 0.2) is 4.99 Å². The maximum absolute atomic E-state index is 11.7. The zero-order valence-electron chi connectivity index (χ0n) is 17.5. The van der Waals surface area contributed by atoms with Crippen LogP contribution in [0.2, 0.25) is 0 Å². The van der Waals surface area contributed by atoms with Crippen molar-refractivity contribution in [2.45, 2.75) is 71.8 Å². The number of nitrogens with one attached hydrogen (secondary N) is 1. The molecule has 6 nitrogen and oxygen atoms in total. The number of guanidine groups is 1. The van der Waals surface area contributed by atoms with Gasteiger partial charge in [-0.05, 0) is 47.0 Å². The predicted molar refractivity (Wildman–Crippen MR) is 106 cm³/mol. The SMILES string of the molecule is CCNC(=NCCCCCCC(=O)OC(C)(C)C)N1CCC(COC)C1. The number of aliphatic imine (C=N–C) groups is 1. The lowest BCUT2D eigenvalue weighted by atomic mass is 10.1. The van der Waals surface area contributed by atoms with Gasteiger partial charge in [-0.1, -0.05) is 12.8 Å². The highest BCUT2D eigenvalue weighted by Crippen LogP contribution is 2.16. The molecular formula is C20H39N3O3. The van der Waals surface area contributed by atoms with Crippen LogP contribution < -0.4 is 5.32 Å². The van der Waals surface area contributed by atoms with Crippen molar-refractivity contribution >= 4 is 11.9 Å². The summed E-state index contributed by atoms with van der Waals surface area (Å²) in [4.78, 5) is 18.8. The Kier molecular flexibility index (Phi) is 10.6. The number of esters is 1. The molecule has 1 atom stereocenters. The van der Waals surface area contributed by atoms with E-state index in [1.165, 1.54) is 6.42 Å². The lowest BCUT2D eigenvalue weighted by molar-refractivity contribution is -0.154. The largest absolute Gasteiger partial charge is 0.460 e. The molecule has 1 fully saturated rings. The molecular weight excluding hydrogens is 330 g/mol. The van der Waals surface area contributed by atoms with Crippen LogP contribution in [0, 0.1) is 5.92 Å². The molecule has 152 valence electrons. The normalized spacial score (nSPS) is 18.3. The monoisotopic (exact) mass is 369 g/mol. The number of methoxy groups -OCH3 is 1. The second-order valence-corrected chi connectivity index (χ2v) is 8.04. The van der Waals surface area contributed by atoms with Crippen LogP contribution in [0.25, 0.3) is 0 Å². The molecule has 0 aliphatic carbocycles. The standard InChI is InChI=1S/C20H39N3O3/c1-6-21-19(23-14-12-17(15-23)16-25-5)22-13-10-8-7-9-11-18(24)26-20(2,3)4/h17H,6-16H2,1-5H3,(H,21,22). The van der Waals surface area contributed by atoms with Gasteiger partial charge in [-0.25, -0.2) is 0 Å².